The van der Waals surface area contributed by atoms with Gasteiger partial charge in [-0.1, -0.05) is 68.8 Å². The second-order valence-corrected chi connectivity index (χ2v) is 23.2. The number of nitrogens with one attached hydrogen (secondary N) is 3. The van der Waals surface area contributed by atoms with Crippen molar-refractivity contribution in [2.24, 2.45) is 16.7 Å². The molecule has 0 aromatic heterocycles. The molecule has 3 aliphatic carbocycles. The van der Waals surface area contributed by atoms with E-state index in [0.717, 1.165) is 12.7 Å². The number of amides is 3. The van der Waals surface area contributed by atoms with Gasteiger partial charge in [-0.25, -0.2) is 19.2 Å². The smallest absolute Gasteiger partial charge is 0.408 e. The molecule has 6 aliphatic rings. The van der Waals surface area contributed by atoms with Crippen LogP contribution in [0.2, 0.25) is 0 Å². The Bertz CT molecular complexity index is 2520. The van der Waals surface area contributed by atoms with Crippen molar-refractivity contribution in [3.8, 4) is 0 Å². The lowest BCUT2D eigenvalue weighted by Gasteiger charge is -2.67. The number of fused-ring (bicyclic) bond motifs is 6. The molecule has 3 aliphatic heterocycles. The number of ether oxygens (including phenoxy) is 6. The van der Waals surface area contributed by atoms with Gasteiger partial charge in [0.2, 0.25) is 6.10 Å². The highest BCUT2D eigenvalue weighted by molar-refractivity contribution is 8.00. The van der Waals surface area contributed by atoms with Gasteiger partial charge in [-0.15, -0.1) is 0 Å². The Morgan fingerprint density at radius 3 is 2.25 bits per heavy atom. The zero-order valence-corrected chi connectivity index (χ0v) is 43.2. The van der Waals surface area contributed by atoms with Gasteiger partial charge in [0.1, 0.15) is 41.7 Å². The van der Waals surface area contributed by atoms with Crippen molar-refractivity contribution in [2.45, 2.75) is 171 Å². The van der Waals surface area contributed by atoms with Crippen molar-refractivity contribution in [1.29, 1.82) is 0 Å². The Morgan fingerprint density at radius 2 is 1.62 bits per heavy atom. The molecule has 396 valence electrons. The van der Waals surface area contributed by atoms with Gasteiger partial charge in [-0.05, 0) is 76.3 Å². The minimum Gasteiger partial charge on any atom is -0.455 e. The molecule has 8 rings (SSSR count). The fourth-order valence-electron chi connectivity index (χ4n) is 12.1. The van der Waals surface area contributed by atoms with Gasteiger partial charge in [-0.3, -0.25) is 14.4 Å². The number of urea groups is 1. The average Bonchev–Trinajstić information content (AvgIpc) is 3.88. The van der Waals surface area contributed by atoms with Gasteiger partial charge < -0.3 is 59.7 Å². The van der Waals surface area contributed by atoms with E-state index in [1.165, 1.54) is 26.0 Å². The minimum atomic E-state index is -2.43. The lowest BCUT2D eigenvalue weighted by Crippen LogP contribution is -2.81. The standard InChI is InChI=1S/C53H67N3O16S/c1-27-32(68-46(63)41(38(29-17-11-9-12-18-29)56-48(65)72-49(3,4)5)69-36(59)22-16-15-21-33-39-31(25-73-33)54-47(64)55-39)24-53(66)44(70-45(62)30-19-13-10-14-20-30)42-51(8,43(61)40(60)37(27)50(53,6)7)34(58)23-35-52(42,26-67-35)71-28(2)57/h9-14,17-20,31-35,38-42,44,58,60,66H,15-16,21-26H2,1-8H3,(H,56,65)(H2,54,55,64)/t31-,32-,33?,34-,35+,38-,39-,40+,41+,42-,44-,51+,52-,53+/m0/s1. The van der Waals surface area contributed by atoms with Crippen LogP contribution in [0.3, 0.4) is 0 Å². The normalized spacial score (nSPS) is 33.8. The van der Waals surface area contributed by atoms with Gasteiger partial charge in [0.25, 0.3) is 0 Å². The van der Waals surface area contributed by atoms with E-state index in [2.05, 4.69) is 16.0 Å². The molecule has 2 bridgehead atoms. The second kappa shape index (κ2) is 20.3. The lowest BCUT2D eigenvalue weighted by atomic mass is 9.44. The summed E-state index contributed by atoms with van der Waals surface area (Å²) in [6.45, 7) is 11.8. The maximum absolute atomic E-state index is 15.3. The molecule has 3 heterocycles. The van der Waals surface area contributed by atoms with Crippen molar-refractivity contribution < 1.29 is 77.3 Å². The summed E-state index contributed by atoms with van der Waals surface area (Å²) >= 11 is 1.73. The number of thioether (sulfide) groups is 1. The topological polar surface area (TPSA) is 272 Å². The van der Waals surface area contributed by atoms with Gasteiger partial charge in [-0.2, -0.15) is 11.8 Å². The maximum Gasteiger partial charge on any atom is 0.408 e. The fourth-order valence-corrected chi connectivity index (χ4v) is 13.7. The molecule has 19 nitrogen and oxygen atoms in total. The average molecular weight is 1030 g/mol. The molecule has 0 spiro atoms. The zero-order chi connectivity index (χ0) is 53.0. The molecule has 14 atom stereocenters. The monoisotopic (exact) mass is 1030 g/mol. The molecule has 2 saturated carbocycles. The lowest BCUT2D eigenvalue weighted by molar-refractivity contribution is -0.346. The molecular formula is C53H67N3O16S. The van der Waals surface area contributed by atoms with E-state index in [0.29, 0.717) is 24.8 Å². The summed E-state index contributed by atoms with van der Waals surface area (Å²) in [5.74, 6) is -5.47. The molecule has 6 N–H and O–H groups in total. The molecule has 2 aromatic carbocycles. The number of esters is 4. The van der Waals surface area contributed by atoms with Crippen LogP contribution in [-0.4, -0.2) is 140 Å². The van der Waals surface area contributed by atoms with Gasteiger partial charge in [0.15, 0.2) is 11.4 Å². The summed E-state index contributed by atoms with van der Waals surface area (Å²) in [6, 6.07) is 14.4. The number of aliphatic hydroxyl groups is 3. The number of rotatable bonds is 14. The van der Waals surface area contributed by atoms with Crippen LogP contribution in [0.1, 0.15) is 116 Å². The summed E-state index contributed by atoms with van der Waals surface area (Å²) in [4.78, 5) is 97.5. The SMILES string of the molecule is CC(=O)O[C@@]12CO[C@@H]1C[C@H](O)[C@@]1(C)C(=O)[C@H](O)C3=C(C)[C@@H](OC(=O)[C@H](OC(=O)CCCCC4SC[C@@H]5NC(=O)N[C@H]45)[C@@H](NC(=O)OC(C)(C)C)c4ccccc4)C[C@@](O)([C@@H](OC(=O)c4ccccc4)[C@H]21)C3(C)C. The van der Waals surface area contributed by atoms with E-state index in [-0.39, 0.29) is 59.5 Å². The Kier molecular flexibility index (Phi) is 14.9. The highest BCUT2D eigenvalue weighted by Gasteiger charge is 2.78. The largest absolute Gasteiger partial charge is 0.455 e. The molecule has 1 unspecified atom stereocenters. The van der Waals surface area contributed by atoms with E-state index in [9.17, 15) is 39.3 Å². The van der Waals surface area contributed by atoms with Crippen molar-refractivity contribution in [3.05, 3.63) is 82.9 Å². The highest BCUT2D eigenvalue weighted by atomic mass is 32.2. The molecule has 2 aromatic rings. The van der Waals surface area contributed by atoms with Crippen LogP contribution in [0.25, 0.3) is 0 Å². The minimum absolute atomic E-state index is 0.0247. The van der Waals surface area contributed by atoms with E-state index < -0.39 is 118 Å². The van der Waals surface area contributed by atoms with Gasteiger partial charge >= 0.3 is 36.0 Å². The number of hydrogen-bond acceptors (Lipinski definition) is 17. The number of ketones is 1. The Labute approximate surface area is 428 Å². The predicted octanol–water partition coefficient (Wildman–Crippen LogP) is 4.54. The van der Waals surface area contributed by atoms with Crippen molar-refractivity contribution in [2.75, 3.05) is 12.4 Å². The van der Waals surface area contributed by atoms with E-state index in [4.69, 9.17) is 28.4 Å². The highest BCUT2D eigenvalue weighted by Crippen LogP contribution is 2.64. The molecular weight excluding hydrogens is 967 g/mol. The molecule has 73 heavy (non-hydrogen) atoms. The number of Topliss-reactive ketones (excluding diaryl/α,β-unsaturated/α-hetero) is 1. The van der Waals surface area contributed by atoms with Crippen molar-refractivity contribution in [1.82, 2.24) is 16.0 Å². The molecule has 3 saturated heterocycles. The van der Waals surface area contributed by atoms with E-state index in [1.54, 1.807) is 94.9 Å². The van der Waals surface area contributed by atoms with E-state index >= 15 is 9.59 Å². The van der Waals surface area contributed by atoms with Crippen LogP contribution < -0.4 is 16.0 Å². The number of benzene rings is 2. The predicted molar refractivity (Wildman–Crippen MR) is 261 cm³/mol. The molecule has 20 heteroatoms. The first kappa shape index (κ1) is 53.7. The van der Waals surface area contributed by atoms with Crippen LogP contribution in [0.5, 0.6) is 0 Å². The van der Waals surface area contributed by atoms with Crippen LogP contribution in [0.4, 0.5) is 9.59 Å². The maximum atomic E-state index is 15.3. The number of alkyl carbamates (subject to hydrolysis) is 1. The number of unbranched alkanes of at least 4 members (excludes halogenated alkanes) is 1. The van der Waals surface area contributed by atoms with Crippen LogP contribution in [-0.2, 0) is 47.6 Å². The molecule has 3 amide bonds. The first-order valence-corrected chi connectivity index (χ1v) is 25.9. The van der Waals surface area contributed by atoms with Crippen LogP contribution in [0, 0.1) is 16.7 Å². The van der Waals surface area contributed by atoms with Crippen molar-refractivity contribution >= 4 is 53.5 Å². The van der Waals surface area contributed by atoms with Crippen molar-refractivity contribution in [3.63, 3.8) is 0 Å². The van der Waals surface area contributed by atoms with Crippen LogP contribution in [0.15, 0.2) is 71.8 Å². The Hall–Kier alpha value is -5.54. The fraction of sp³-hybridized carbons (Fsp3) is 0.604. The second-order valence-electron chi connectivity index (χ2n) is 21.9. The number of aliphatic hydroxyl groups excluding tert-OH is 2. The van der Waals surface area contributed by atoms with E-state index in [1.807, 2.05) is 0 Å². The number of carbonyl (C=O) groups is 7. The third-order valence-corrected chi connectivity index (χ3v) is 17.4. The first-order valence-electron chi connectivity index (χ1n) is 24.9. The number of carbonyl (C=O) groups excluding carboxylic acids is 7. The summed E-state index contributed by atoms with van der Waals surface area (Å²) < 4.78 is 36.4. The Morgan fingerprint density at radius 1 is 0.945 bits per heavy atom. The quantitative estimate of drug-likeness (QED) is 0.0499. The zero-order valence-electron chi connectivity index (χ0n) is 42.3. The third kappa shape index (κ3) is 9.97. The Balaban J connectivity index is 1.18. The first-order chi connectivity index (χ1) is 34.3. The van der Waals surface area contributed by atoms with Gasteiger partial charge in [0, 0.05) is 42.6 Å². The van der Waals surface area contributed by atoms with Crippen LogP contribution >= 0.6 is 11.8 Å². The molecule has 5 fully saturated rings. The molecule has 0 radical (unpaired) electrons. The third-order valence-electron chi connectivity index (χ3n) is 15.9. The summed E-state index contributed by atoms with van der Waals surface area (Å²) in [5.41, 5.74) is -8.54. The number of hydrogen-bond donors (Lipinski definition) is 6. The van der Waals surface area contributed by atoms with Gasteiger partial charge in [0.05, 0.1) is 41.7 Å². The summed E-state index contributed by atoms with van der Waals surface area (Å²) in [6.07, 6.45) is -10.2. The summed E-state index contributed by atoms with van der Waals surface area (Å²) in [7, 11) is 0. The summed E-state index contributed by atoms with van der Waals surface area (Å²) in [5, 5.41) is 47.0.